The maximum atomic E-state index is 13.5. The lowest BCUT2D eigenvalue weighted by atomic mass is 10.1. The number of nitrogens with one attached hydrogen (secondary N) is 1. The number of halogens is 1. The number of carbonyl (C=O) groups excluding carboxylic acids is 2. The number of ether oxygens (including phenoxy) is 1. The van der Waals surface area contributed by atoms with Gasteiger partial charge in [-0.1, -0.05) is 29.8 Å². The number of amides is 2. The standard InChI is InChI=1S/C32H28ClN3O3S/c1-19-13-20(2)15-27(14-19)36-31(38)29(30(37)34-32(36)40)17-24-16-21(3)35(22(24)4)26-9-11-28(12-10-26)39-18-23-5-7-25(33)8-6-23/h5-17H,18H2,1-4H3,(H,34,37,40)/b29-17+. The third kappa shape index (κ3) is 5.57. The number of rotatable bonds is 6. The number of aryl methyl sites for hydroxylation is 3. The van der Waals surface area contributed by atoms with Gasteiger partial charge in [0, 0.05) is 22.1 Å². The molecule has 3 aromatic carbocycles. The molecule has 0 radical (unpaired) electrons. The average Bonchev–Trinajstić information content (AvgIpc) is 3.18. The van der Waals surface area contributed by atoms with E-state index in [0.29, 0.717) is 17.3 Å². The monoisotopic (exact) mass is 569 g/mol. The summed E-state index contributed by atoms with van der Waals surface area (Å²) in [5, 5.41) is 3.44. The van der Waals surface area contributed by atoms with Crippen LogP contribution in [0.3, 0.4) is 0 Å². The summed E-state index contributed by atoms with van der Waals surface area (Å²) in [7, 11) is 0. The van der Waals surface area contributed by atoms with Crippen molar-refractivity contribution in [2.24, 2.45) is 0 Å². The Balaban J connectivity index is 1.40. The second-order valence-electron chi connectivity index (χ2n) is 9.87. The second kappa shape index (κ2) is 11.1. The normalized spacial score (nSPS) is 14.6. The molecule has 5 rings (SSSR count). The number of hydrogen-bond donors (Lipinski definition) is 1. The number of thiocarbonyl (C=S) groups is 1. The number of anilines is 1. The van der Waals surface area contributed by atoms with Crippen LogP contribution in [-0.2, 0) is 16.2 Å². The molecule has 6 nitrogen and oxygen atoms in total. The molecule has 2 heterocycles. The van der Waals surface area contributed by atoms with E-state index < -0.39 is 11.8 Å². The van der Waals surface area contributed by atoms with Crippen molar-refractivity contribution in [3.8, 4) is 11.4 Å². The Hall–Kier alpha value is -4.20. The third-order valence-corrected chi connectivity index (χ3v) is 7.29. The summed E-state index contributed by atoms with van der Waals surface area (Å²) in [4.78, 5) is 27.8. The van der Waals surface area contributed by atoms with Crippen LogP contribution in [0.15, 0.2) is 78.4 Å². The zero-order chi connectivity index (χ0) is 28.6. The maximum absolute atomic E-state index is 13.5. The Morgan fingerprint density at radius 3 is 2.17 bits per heavy atom. The van der Waals surface area contributed by atoms with Gasteiger partial charge in [0.15, 0.2) is 5.11 Å². The fourth-order valence-corrected chi connectivity index (χ4v) is 5.30. The van der Waals surface area contributed by atoms with E-state index in [0.717, 1.165) is 45.1 Å². The molecule has 1 aliphatic heterocycles. The van der Waals surface area contributed by atoms with Gasteiger partial charge in [-0.05, 0) is 123 Å². The van der Waals surface area contributed by atoms with Crippen LogP contribution in [0, 0.1) is 27.7 Å². The van der Waals surface area contributed by atoms with Crippen LogP contribution >= 0.6 is 23.8 Å². The van der Waals surface area contributed by atoms with Gasteiger partial charge in [0.2, 0.25) is 0 Å². The number of hydrogen-bond acceptors (Lipinski definition) is 4. The Bertz CT molecular complexity index is 1650. The Kier molecular flexibility index (Phi) is 7.61. The zero-order valence-corrected chi connectivity index (χ0v) is 24.2. The highest BCUT2D eigenvalue weighted by molar-refractivity contribution is 7.80. The maximum Gasteiger partial charge on any atom is 0.270 e. The van der Waals surface area contributed by atoms with Crippen LogP contribution in [0.5, 0.6) is 5.75 Å². The van der Waals surface area contributed by atoms with Crippen molar-refractivity contribution >= 4 is 52.5 Å². The highest BCUT2D eigenvalue weighted by Gasteiger charge is 2.35. The first-order valence-electron chi connectivity index (χ1n) is 12.8. The van der Waals surface area contributed by atoms with Crippen molar-refractivity contribution in [2.75, 3.05) is 4.90 Å². The molecule has 0 bridgehead atoms. The van der Waals surface area contributed by atoms with Gasteiger partial charge in [-0.15, -0.1) is 0 Å². The molecule has 0 saturated carbocycles. The summed E-state index contributed by atoms with van der Waals surface area (Å²) in [5.41, 5.74) is 7.25. The van der Waals surface area contributed by atoms with Gasteiger partial charge < -0.3 is 9.30 Å². The highest BCUT2D eigenvalue weighted by Crippen LogP contribution is 2.28. The topological polar surface area (TPSA) is 63.6 Å². The minimum absolute atomic E-state index is 0.0268. The SMILES string of the molecule is Cc1cc(C)cc(N2C(=O)/C(=C/c3cc(C)n(-c4ccc(OCc5ccc(Cl)cc5)cc4)c3C)C(=O)NC2=S)c1. The van der Waals surface area contributed by atoms with Gasteiger partial charge >= 0.3 is 0 Å². The Labute approximate surface area is 243 Å². The molecule has 1 fully saturated rings. The molecule has 40 heavy (non-hydrogen) atoms. The first kappa shape index (κ1) is 27.4. The smallest absolute Gasteiger partial charge is 0.270 e. The van der Waals surface area contributed by atoms with E-state index in [4.69, 9.17) is 28.6 Å². The minimum Gasteiger partial charge on any atom is -0.489 e. The molecular formula is C32H28ClN3O3S. The first-order chi connectivity index (χ1) is 19.1. The van der Waals surface area contributed by atoms with Crippen molar-refractivity contribution in [3.63, 3.8) is 0 Å². The fraction of sp³-hybridized carbons (Fsp3) is 0.156. The molecule has 8 heteroatoms. The molecular weight excluding hydrogens is 542 g/mol. The number of benzene rings is 3. The summed E-state index contributed by atoms with van der Waals surface area (Å²) < 4.78 is 8.00. The van der Waals surface area contributed by atoms with Crippen molar-refractivity contribution in [1.82, 2.24) is 9.88 Å². The lowest BCUT2D eigenvalue weighted by Gasteiger charge is -2.29. The Morgan fingerprint density at radius 1 is 0.875 bits per heavy atom. The van der Waals surface area contributed by atoms with Crippen LogP contribution in [0.1, 0.15) is 33.6 Å². The summed E-state index contributed by atoms with van der Waals surface area (Å²) in [6.45, 7) is 8.29. The van der Waals surface area contributed by atoms with Gasteiger partial charge in [-0.3, -0.25) is 19.8 Å². The molecule has 0 spiro atoms. The van der Waals surface area contributed by atoms with Crippen LogP contribution in [0.2, 0.25) is 5.02 Å². The quantitative estimate of drug-likeness (QED) is 0.158. The van der Waals surface area contributed by atoms with E-state index in [1.165, 1.54) is 4.90 Å². The highest BCUT2D eigenvalue weighted by atomic mass is 35.5. The summed E-state index contributed by atoms with van der Waals surface area (Å²) in [6, 6.07) is 23.1. The number of aromatic nitrogens is 1. The zero-order valence-electron chi connectivity index (χ0n) is 22.6. The molecule has 0 atom stereocenters. The third-order valence-electron chi connectivity index (χ3n) is 6.75. The van der Waals surface area contributed by atoms with Gasteiger partial charge in [-0.25, -0.2) is 0 Å². The lowest BCUT2D eigenvalue weighted by molar-refractivity contribution is -0.122. The summed E-state index contributed by atoms with van der Waals surface area (Å²) in [5.74, 6) is -0.219. The molecule has 1 saturated heterocycles. The molecule has 2 amide bonds. The molecule has 4 aromatic rings. The van der Waals surface area contributed by atoms with Crippen LogP contribution in [0.25, 0.3) is 11.8 Å². The van der Waals surface area contributed by atoms with Crippen molar-refractivity contribution in [2.45, 2.75) is 34.3 Å². The molecule has 202 valence electrons. The molecule has 1 aliphatic rings. The second-order valence-corrected chi connectivity index (χ2v) is 10.7. The predicted octanol–water partition coefficient (Wildman–Crippen LogP) is 6.77. The molecule has 0 aliphatic carbocycles. The van der Waals surface area contributed by atoms with Crippen molar-refractivity contribution < 1.29 is 14.3 Å². The van der Waals surface area contributed by atoms with E-state index in [9.17, 15) is 9.59 Å². The van der Waals surface area contributed by atoms with Crippen molar-refractivity contribution in [3.05, 3.63) is 117 Å². The number of carbonyl (C=O) groups is 2. The van der Waals surface area contributed by atoms with E-state index >= 15 is 0 Å². The largest absolute Gasteiger partial charge is 0.489 e. The molecule has 1 aromatic heterocycles. The van der Waals surface area contributed by atoms with Crippen LogP contribution in [-0.4, -0.2) is 21.5 Å². The molecule has 1 N–H and O–H groups in total. The fourth-order valence-electron chi connectivity index (χ4n) is 4.90. The molecule has 0 unspecified atom stereocenters. The summed E-state index contributed by atoms with van der Waals surface area (Å²) >= 11 is 11.3. The predicted molar refractivity (Wildman–Crippen MR) is 163 cm³/mol. The lowest BCUT2D eigenvalue weighted by Crippen LogP contribution is -2.54. The Morgan fingerprint density at radius 2 is 1.52 bits per heavy atom. The summed E-state index contributed by atoms with van der Waals surface area (Å²) in [6.07, 6.45) is 1.64. The van der Waals surface area contributed by atoms with Gasteiger partial charge in [0.05, 0.1) is 5.69 Å². The van der Waals surface area contributed by atoms with E-state index in [1.807, 2.05) is 100 Å². The first-order valence-corrected chi connectivity index (χ1v) is 13.6. The van der Waals surface area contributed by atoms with Crippen LogP contribution in [0.4, 0.5) is 5.69 Å². The van der Waals surface area contributed by atoms with E-state index in [-0.39, 0.29) is 10.7 Å². The number of nitrogens with zero attached hydrogens (tertiary/aromatic N) is 2. The van der Waals surface area contributed by atoms with Crippen molar-refractivity contribution in [1.29, 1.82) is 0 Å². The van der Waals surface area contributed by atoms with Gasteiger partial charge in [0.1, 0.15) is 17.9 Å². The average molecular weight is 570 g/mol. The van der Waals surface area contributed by atoms with Gasteiger partial charge in [0.25, 0.3) is 11.8 Å². The van der Waals surface area contributed by atoms with Crippen LogP contribution < -0.4 is 15.0 Å². The van der Waals surface area contributed by atoms with Gasteiger partial charge in [-0.2, -0.15) is 0 Å². The minimum atomic E-state index is -0.511. The van der Waals surface area contributed by atoms with E-state index in [1.54, 1.807) is 6.08 Å². The van der Waals surface area contributed by atoms with E-state index in [2.05, 4.69) is 9.88 Å².